The Kier molecular flexibility index (Phi) is 4.26. The Morgan fingerprint density at radius 1 is 1.57 bits per heavy atom. The van der Waals surface area contributed by atoms with Gasteiger partial charge >= 0.3 is 0 Å². The van der Waals surface area contributed by atoms with E-state index in [4.69, 9.17) is 4.74 Å². The average molecular weight is 307 g/mol. The molecule has 2 heterocycles. The van der Waals surface area contributed by atoms with Crippen LogP contribution in [-0.2, 0) is 11.8 Å². The standard InChI is InChI=1S/C15H21N3O2S/c1-10-12-8-13(21-15(12)18(2)17-10)14(19)16-6-3-7-20-9-11-4-5-11/h8,11H,3-7,9H2,1-2H3,(H,16,19). The summed E-state index contributed by atoms with van der Waals surface area (Å²) < 4.78 is 7.38. The molecule has 2 aromatic rings. The van der Waals surface area contributed by atoms with Gasteiger partial charge in [-0.1, -0.05) is 0 Å². The largest absolute Gasteiger partial charge is 0.381 e. The number of carbonyl (C=O) groups excluding carboxylic acids is 1. The van der Waals surface area contributed by atoms with Crippen molar-refractivity contribution in [3.05, 3.63) is 16.6 Å². The van der Waals surface area contributed by atoms with Crippen LogP contribution in [0, 0.1) is 12.8 Å². The first-order valence-corrected chi connectivity index (χ1v) is 8.26. The lowest BCUT2D eigenvalue weighted by atomic mass is 10.3. The van der Waals surface area contributed by atoms with E-state index in [2.05, 4.69) is 10.4 Å². The van der Waals surface area contributed by atoms with Crippen LogP contribution in [0.15, 0.2) is 6.07 Å². The molecule has 0 aromatic carbocycles. The molecular weight excluding hydrogens is 286 g/mol. The maximum Gasteiger partial charge on any atom is 0.261 e. The summed E-state index contributed by atoms with van der Waals surface area (Å²) in [7, 11) is 1.91. The molecule has 0 unspecified atom stereocenters. The van der Waals surface area contributed by atoms with Gasteiger partial charge in [0, 0.05) is 32.2 Å². The zero-order valence-corrected chi connectivity index (χ0v) is 13.3. The van der Waals surface area contributed by atoms with E-state index in [1.54, 1.807) is 0 Å². The molecule has 0 spiro atoms. The molecular formula is C15H21N3O2S. The Hall–Kier alpha value is -1.40. The van der Waals surface area contributed by atoms with Gasteiger partial charge in [0.1, 0.15) is 4.83 Å². The number of fused-ring (bicyclic) bond motifs is 1. The molecule has 1 amide bonds. The Morgan fingerprint density at radius 2 is 2.38 bits per heavy atom. The SMILES string of the molecule is Cc1nn(C)c2sc(C(=O)NCCCOCC3CC3)cc12. The van der Waals surface area contributed by atoms with Crippen molar-refractivity contribution in [1.82, 2.24) is 15.1 Å². The van der Waals surface area contributed by atoms with Crippen LogP contribution in [0.2, 0.25) is 0 Å². The number of nitrogens with one attached hydrogen (secondary N) is 1. The van der Waals surface area contributed by atoms with Crippen molar-refractivity contribution in [2.45, 2.75) is 26.2 Å². The minimum absolute atomic E-state index is 0.00204. The third-order valence-corrected chi connectivity index (χ3v) is 4.92. The number of rotatable bonds is 7. The van der Waals surface area contributed by atoms with Gasteiger partial charge in [0.2, 0.25) is 0 Å². The van der Waals surface area contributed by atoms with Gasteiger partial charge in [-0.05, 0) is 38.2 Å². The number of aryl methyl sites for hydroxylation is 2. The molecule has 0 bridgehead atoms. The molecule has 1 aliphatic rings. The molecule has 0 atom stereocenters. The maximum absolute atomic E-state index is 12.1. The number of ether oxygens (including phenoxy) is 1. The van der Waals surface area contributed by atoms with Crippen molar-refractivity contribution in [3.63, 3.8) is 0 Å². The van der Waals surface area contributed by atoms with Crippen LogP contribution >= 0.6 is 11.3 Å². The molecule has 3 rings (SSSR count). The van der Waals surface area contributed by atoms with Crippen LogP contribution in [0.5, 0.6) is 0 Å². The van der Waals surface area contributed by atoms with Crippen molar-refractivity contribution >= 4 is 27.5 Å². The minimum atomic E-state index is -0.00204. The topological polar surface area (TPSA) is 56.2 Å². The smallest absolute Gasteiger partial charge is 0.261 e. The van der Waals surface area contributed by atoms with Gasteiger partial charge in [0.05, 0.1) is 10.6 Å². The quantitative estimate of drug-likeness (QED) is 0.800. The highest BCUT2D eigenvalue weighted by molar-refractivity contribution is 7.20. The van der Waals surface area contributed by atoms with Gasteiger partial charge < -0.3 is 10.1 Å². The van der Waals surface area contributed by atoms with E-state index in [1.165, 1.54) is 24.2 Å². The zero-order valence-electron chi connectivity index (χ0n) is 12.5. The highest BCUT2D eigenvalue weighted by atomic mass is 32.1. The van der Waals surface area contributed by atoms with Crippen LogP contribution < -0.4 is 5.32 Å². The van der Waals surface area contributed by atoms with Crippen molar-refractivity contribution in [2.24, 2.45) is 13.0 Å². The fourth-order valence-corrected chi connectivity index (χ4v) is 3.35. The number of carbonyl (C=O) groups is 1. The molecule has 1 aliphatic carbocycles. The number of aromatic nitrogens is 2. The second-order valence-electron chi connectivity index (χ2n) is 5.67. The molecule has 1 saturated carbocycles. The zero-order chi connectivity index (χ0) is 14.8. The van der Waals surface area contributed by atoms with E-state index in [-0.39, 0.29) is 5.91 Å². The van der Waals surface area contributed by atoms with Gasteiger partial charge in [-0.3, -0.25) is 9.48 Å². The van der Waals surface area contributed by atoms with E-state index in [1.807, 2.05) is 24.7 Å². The molecule has 5 nitrogen and oxygen atoms in total. The predicted molar refractivity (Wildman–Crippen MR) is 83.8 cm³/mol. The monoisotopic (exact) mass is 307 g/mol. The summed E-state index contributed by atoms with van der Waals surface area (Å²) in [6, 6.07) is 1.93. The number of hydrogen-bond acceptors (Lipinski definition) is 4. The predicted octanol–water partition coefficient (Wildman–Crippen LogP) is 2.49. The molecule has 1 N–H and O–H groups in total. The van der Waals surface area contributed by atoms with Crippen molar-refractivity contribution in [2.75, 3.05) is 19.8 Å². The number of nitrogens with zero attached hydrogens (tertiary/aromatic N) is 2. The lowest BCUT2D eigenvalue weighted by molar-refractivity contribution is 0.0941. The van der Waals surface area contributed by atoms with Crippen LogP contribution in [0.25, 0.3) is 10.2 Å². The van der Waals surface area contributed by atoms with E-state index in [9.17, 15) is 4.79 Å². The summed E-state index contributed by atoms with van der Waals surface area (Å²) in [5.74, 6) is 0.799. The Bertz CT molecular complexity index is 608. The van der Waals surface area contributed by atoms with Gasteiger partial charge in [-0.2, -0.15) is 5.10 Å². The second kappa shape index (κ2) is 6.15. The van der Waals surface area contributed by atoms with E-state index < -0.39 is 0 Å². The third-order valence-electron chi connectivity index (χ3n) is 3.72. The van der Waals surface area contributed by atoms with Crippen molar-refractivity contribution in [1.29, 1.82) is 0 Å². The summed E-state index contributed by atoms with van der Waals surface area (Å²) in [5.41, 5.74) is 0.969. The number of amides is 1. The highest BCUT2D eigenvalue weighted by Gasteiger charge is 2.20. The highest BCUT2D eigenvalue weighted by Crippen LogP contribution is 2.29. The summed E-state index contributed by atoms with van der Waals surface area (Å²) in [4.78, 5) is 13.9. The Morgan fingerprint density at radius 3 is 3.10 bits per heavy atom. The van der Waals surface area contributed by atoms with Gasteiger partial charge in [0.25, 0.3) is 5.91 Å². The van der Waals surface area contributed by atoms with Crippen LogP contribution in [0.3, 0.4) is 0 Å². The van der Waals surface area contributed by atoms with Crippen LogP contribution in [0.1, 0.15) is 34.6 Å². The fourth-order valence-electron chi connectivity index (χ4n) is 2.31. The Balaban J connectivity index is 1.46. The molecule has 0 saturated heterocycles. The van der Waals surface area contributed by atoms with E-state index >= 15 is 0 Å². The summed E-state index contributed by atoms with van der Waals surface area (Å²) in [6.07, 6.45) is 3.50. The first kappa shape index (κ1) is 14.5. The lowest BCUT2D eigenvalue weighted by Crippen LogP contribution is -2.24. The number of hydrogen-bond donors (Lipinski definition) is 1. The Labute approximate surface area is 128 Å². The number of thiophene rings is 1. The molecule has 0 radical (unpaired) electrons. The minimum Gasteiger partial charge on any atom is -0.381 e. The molecule has 0 aliphatic heterocycles. The van der Waals surface area contributed by atoms with Crippen molar-refractivity contribution in [3.8, 4) is 0 Å². The van der Waals surface area contributed by atoms with Crippen LogP contribution in [-0.4, -0.2) is 35.4 Å². The molecule has 21 heavy (non-hydrogen) atoms. The van der Waals surface area contributed by atoms with Gasteiger partial charge in [-0.25, -0.2) is 0 Å². The average Bonchev–Trinajstić information content (AvgIpc) is 3.09. The molecule has 1 fully saturated rings. The third kappa shape index (κ3) is 3.44. The fraction of sp³-hybridized carbons (Fsp3) is 0.600. The summed E-state index contributed by atoms with van der Waals surface area (Å²) >= 11 is 1.49. The van der Waals surface area contributed by atoms with Gasteiger partial charge in [-0.15, -0.1) is 11.3 Å². The van der Waals surface area contributed by atoms with Crippen molar-refractivity contribution < 1.29 is 9.53 Å². The first-order valence-electron chi connectivity index (χ1n) is 7.44. The normalized spacial score (nSPS) is 14.8. The summed E-state index contributed by atoms with van der Waals surface area (Å²) in [5, 5.41) is 8.37. The molecule has 114 valence electrons. The summed E-state index contributed by atoms with van der Waals surface area (Å²) in [6.45, 7) is 4.24. The second-order valence-corrected chi connectivity index (χ2v) is 6.70. The van der Waals surface area contributed by atoms with E-state index in [0.717, 1.165) is 46.3 Å². The molecule has 2 aromatic heterocycles. The van der Waals surface area contributed by atoms with E-state index in [0.29, 0.717) is 6.54 Å². The lowest BCUT2D eigenvalue weighted by Gasteiger charge is -2.04. The maximum atomic E-state index is 12.1. The van der Waals surface area contributed by atoms with Gasteiger partial charge in [0.15, 0.2) is 0 Å². The van der Waals surface area contributed by atoms with Crippen LogP contribution in [0.4, 0.5) is 0 Å². The first-order chi connectivity index (χ1) is 10.1. The molecule has 6 heteroatoms.